The molecule has 0 saturated carbocycles. The average Bonchev–Trinajstić information content (AvgIpc) is 3.14. The van der Waals surface area contributed by atoms with Gasteiger partial charge in [0.05, 0.1) is 26.8 Å². The summed E-state index contributed by atoms with van der Waals surface area (Å²) < 4.78 is 93.5. The molecule has 0 fully saturated rings. The van der Waals surface area contributed by atoms with E-state index >= 15 is 0 Å². The Morgan fingerprint density at radius 1 is 0.848 bits per heavy atom. The van der Waals surface area contributed by atoms with Gasteiger partial charge in [0.15, 0.2) is 0 Å². The van der Waals surface area contributed by atoms with E-state index in [2.05, 4.69) is 5.10 Å². The van der Waals surface area contributed by atoms with Crippen LogP contribution in [0.15, 0.2) is 42.7 Å². The summed E-state index contributed by atoms with van der Waals surface area (Å²) in [6.45, 7) is 0. The van der Waals surface area contributed by atoms with Crippen LogP contribution in [0.3, 0.4) is 0 Å². The van der Waals surface area contributed by atoms with Crippen molar-refractivity contribution in [1.82, 2.24) is 9.78 Å². The number of aromatic carboxylic acids is 1. The van der Waals surface area contributed by atoms with E-state index in [9.17, 15) is 35.5 Å². The Morgan fingerprint density at radius 3 is 1.88 bits per heavy atom. The summed E-state index contributed by atoms with van der Waals surface area (Å²) in [6, 6.07) is 4.31. The lowest BCUT2D eigenvalue weighted by Crippen LogP contribution is -2.50. The number of carboxylic acids is 1. The maximum Gasteiger partial charge on any atom is 0.435 e. The Balaban J connectivity index is 2.10. The fraction of sp³-hybridized carbons (Fsp3) is 0.158. The number of hydrogen-bond donors (Lipinski definition) is 1. The minimum Gasteiger partial charge on any atom is -0.478 e. The van der Waals surface area contributed by atoms with Crippen molar-refractivity contribution in [1.29, 1.82) is 0 Å². The van der Waals surface area contributed by atoms with E-state index < -0.39 is 39.6 Å². The first kappa shape index (κ1) is 25.1. The summed E-state index contributed by atoms with van der Waals surface area (Å²) >= 11 is 17.6. The molecule has 0 unspecified atom stereocenters. The number of halogens is 10. The summed E-state index contributed by atoms with van der Waals surface area (Å²) in [5.41, 5.74) is -7.50. The molecule has 1 N–H and O–H groups in total. The zero-order chi connectivity index (χ0) is 24.9. The van der Waals surface area contributed by atoms with Crippen LogP contribution in [0.2, 0.25) is 15.1 Å². The molecular weight excluding hydrogens is 528 g/mol. The van der Waals surface area contributed by atoms with Crippen LogP contribution in [0.25, 0.3) is 16.8 Å². The second-order valence-electron chi connectivity index (χ2n) is 6.62. The summed E-state index contributed by atoms with van der Waals surface area (Å²) in [6.07, 6.45) is -10.2. The number of alkyl halides is 7. The first-order valence-electron chi connectivity index (χ1n) is 8.48. The predicted molar refractivity (Wildman–Crippen MR) is 106 cm³/mol. The van der Waals surface area contributed by atoms with Crippen LogP contribution in [0.5, 0.6) is 0 Å². The maximum atomic E-state index is 14.3. The van der Waals surface area contributed by atoms with Gasteiger partial charge in [-0.2, -0.15) is 31.4 Å². The van der Waals surface area contributed by atoms with Crippen molar-refractivity contribution < 1.29 is 40.6 Å². The van der Waals surface area contributed by atoms with Crippen molar-refractivity contribution >= 4 is 40.8 Å². The van der Waals surface area contributed by atoms with Gasteiger partial charge in [0.1, 0.15) is 5.69 Å². The molecular formula is C19H8Cl3F7N2O2. The smallest absolute Gasteiger partial charge is 0.435 e. The number of carbonyl (C=O) groups is 1. The van der Waals surface area contributed by atoms with Crippen molar-refractivity contribution in [3.8, 4) is 16.8 Å². The minimum atomic E-state index is -6.34. The largest absolute Gasteiger partial charge is 0.478 e. The molecule has 0 bridgehead atoms. The molecule has 3 aromatic rings. The van der Waals surface area contributed by atoms with Crippen LogP contribution in [0, 0.1) is 0 Å². The molecule has 33 heavy (non-hydrogen) atoms. The van der Waals surface area contributed by atoms with Crippen molar-refractivity contribution in [2.24, 2.45) is 0 Å². The molecule has 0 atom stereocenters. The molecule has 1 heterocycles. The summed E-state index contributed by atoms with van der Waals surface area (Å²) in [4.78, 5) is 11.2. The second kappa shape index (κ2) is 8.37. The highest BCUT2D eigenvalue weighted by Gasteiger charge is 2.73. The quantitative estimate of drug-likeness (QED) is 0.352. The van der Waals surface area contributed by atoms with Crippen molar-refractivity contribution in [2.45, 2.75) is 18.0 Å². The number of carboxylic acid groups (broad SMARTS) is 1. The zero-order valence-corrected chi connectivity index (χ0v) is 17.8. The SMILES string of the molecule is O=C(O)c1cc(-c2cnn(-c3c(Cl)cc(C(F)(C(F)(F)F)C(F)(F)F)cc3Cl)c2)ccc1Cl. The predicted octanol–water partition coefficient (Wildman–Crippen LogP) is 7.49. The molecule has 176 valence electrons. The van der Waals surface area contributed by atoms with Crippen LogP contribution in [0.4, 0.5) is 30.7 Å². The van der Waals surface area contributed by atoms with E-state index in [1.165, 1.54) is 30.6 Å². The number of benzene rings is 2. The number of hydrogen-bond acceptors (Lipinski definition) is 2. The zero-order valence-electron chi connectivity index (χ0n) is 15.6. The molecule has 14 heteroatoms. The maximum absolute atomic E-state index is 14.3. The Hall–Kier alpha value is -2.50. The third-order valence-electron chi connectivity index (χ3n) is 4.54. The molecule has 0 amide bonds. The molecule has 4 nitrogen and oxygen atoms in total. The van der Waals surface area contributed by atoms with Gasteiger partial charge in [-0.15, -0.1) is 0 Å². The van der Waals surface area contributed by atoms with Crippen molar-refractivity contribution in [3.63, 3.8) is 0 Å². The van der Waals surface area contributed by atoms with Gasteiger partial charge in [-0.05, 0) is 29.8 Å². The molecule has 0 spiro atoms. The number of nitrogens with zero attached hydrogens (tertiary/aromatic N) is 2. The number of rotatable bonds is 4. The van der Waals surface area contributed by atoms with Crippen molar-refractivity contribution in [2.75, 3.05) is 0 Å². The van der Waals surface area contributed by atoms with Gasteiger partial charge in [0.2, 0.25) is 0 Å². The highest BCUT2D eigenvalue weighted by atomic mass is 35.5. The normalized spacial score (nSPS) is 12.8. The summed E-state index contributed by atoms with van der Waals surface area (Å²) in [5.74, 6) is -1.31. The van der Waals surface area contributed by atoms with E-state index in [0.29, 0.717) is 5.56 Å². The first-order valence-corrected chi connectivity index (χ1v) is 9.61. The molecule has 1 aromatic heterocycles. The van der Waals surface area contributed by atoms with Gasteiger partial charge >= 0.3 is 24.0 Å². The van der Waals surface area contributed by atoms with E-state index in [1.807, 2.05) is 0 Å². The standard InChI is InChI=1S/C19H8Cl3F7N2O2/c20-12-2-1-8(3-11(12)16(32)33)9-6-30-31(7-9)15-13(21)4-10(5-14(15)22)17(23,18(24,25)26)19(27,28)29/h1-7H,(H,32,33). The minimum absolute atomic E-state index is 0.0376. The van der Waals surface area contributed by atoms with Crippen LogP contribution in [0.1, 0.15) is 15.9 Å². The fourth-order valence-corrected chi connectivity index (χ4v) is 3.79. The highest BCUT2D eigenvalue weighted by molar-refractivity contribution is 6.38. The lowest BCUT2D eigenvalue weighted by molar-refractivity contribution is -0.348. The fourth-order valence-electron chi connectivity index (χ4n) is 2.93. The average molecular weight is 536 g/mol. The van der Waals surface area contributed by atoms with Crippen LogP contribution in [-0.4, -0.2) is 33.2 Å². The lowest BCUT2D eigenvalue weighted by atomic mass is 9.94. The van der Waals surface area contributed by atoms with Gasteiger partial charge in [0.25, 0.3) is 0 Å². The van der Waals surface area contributed by atoms with E-state index in [-0.39, 0.29) is 34.0 Å². The molecule has 0 saturated heterocycles. The molecule has 0 aliphatic carbocycles. The molecule has 0 radical (unpaired) electrons. The van der Waals surface area contributed by atoms with Gasteiger partial charge in [-0.25, -0.2) is 13.9 Å². The molecule has 3 rings (SSSR count). The summed E-state index contributed by atoms with van der Waals surface area (Å²) in [5, 5.41) is 11.5. The topological polar surface area (TPSA) is 55.1 Å². The van der Waals surface area contributed by atoms with E-state index in [0.717, 1.165) is 4.68 Å². The lowest BCUT2D eigenvalue weighted by Gasteiger charge is -2.30. The third-order valence-corrected chi connectivity index (χ3v) is 5.44. The van der Waals surface area contributed by atoms with Crippen LogP contribution < -0.4 is 0 Å². The molecule has 0 aliphatic rings. The molecule has 0 aliphatic heterocycles. The second-order valence-corrected chi connectivity index (χ2v) is 7.84. The molecule has 2 aromatic carbocycles. The van der Waals surface area contributed by atoms with Crippen LogP contribution >= 0.6 is 34.8 Å². The van der Waals surface area contributed by atoms with Gasteiger partial charge < -0.3 is 5.11 Å². The number of aromatic nitrogens is 2. The monoisotopic (exact) mass is 534 g/mol. The van der Waals surface area contributed by atoms with Gasteiger partial charge in [0, 0.05) is 17.3 Å². The Kier molecular flexibility index (Phi) is 6.37. The van der Waals surface area contributed by atoms with Crippen molar-refractivity contribution in [3.05, 3.63) is 68.9 Å². The first-order chi connectivity index (χ1) is 15.1. The Morgan fingerprint density at radius 2 is 1.39 bits per heavy atom. The third kappa shape index (κ3) is 4.36. The van der Waals surface area contributed by atoms with Gasteiger partial charge in [-0.1, -0.05) is 40.9 Å². The Labute approximate surface area is 195 Å². The van der Waals surface area contributed by atoms with E-state index in [4.69, 9.17) is 39.9 Å². The van der Waals surface area contributed by atoms with Crippen LogP contribution in [-0.2, 0) is 5.67 Å². The summed E-state index contributed by atoms with van der Waals surface area (Å²) in [7, 11) is 0. The Bertz CT molecular complexity index is 1200. The van der Waals surface area contributed by atoms with E-state index in [1.54, 1.807) is 0 Å². The van der Waals surface area contributed by atoms with Gasteiger partial charge in [-0.3, -0.25) is 0 Å². The highest BCUT2D eigenvalue weighted by Crippen LogP contribution is 2.54.